The van der Waals surface area contributed by atoms with Crippen LogP contribution in [0.1, 0.15) is 35.3 Å². The number of benzene rings is 1. The Morgan fingerprint density at radius 3 is 2.72 bits per heavy atom. The molecule has 2 aliphatic rings. The molecule has 1 spiro atoms. The van der Waals surface area contributed by atoms with Crippen LogP contribution in [0.5, 0.6) is 0 Å². The van der Waals surface area contributed by atoms with E-state index in [0.29, 0.717) is 23.7 Å². The molecule has 1 aliphatic carbocycles. The smallest absolute Gasteiger partial charge is 0.274 e. The molecule has 152 valence electrons. The number of nitrogens with one attached hydrogen (secondary N) is 1. The number of hydrogen-bond acceptors (Lipinski definition) is 4. The molecule has 1 amide bonds. The number of nitrogens with zero attached hydrogens (tertiary/aromatic N) is 3. The minimum absolute atomic E-state index is 0. The van der Waals surface area contributed by atoms with E-state index in [-0.39, 0.29) is 18.3 Å². The summed E-state index contributed by atoms with van der Waals surface area (Å²) < 4.78 is 1.78. The van der Waals surface area contributed by atoms with E-state index in [1.807, 2.05) is 42.6 Å². The minimum atomic E-state index is 0. The summed E-state index contributed by atoms with van der Waals surface area (Å²) in [6, 6.07) is 14.2. The predicted octanol–water partition coefficient (Wildman–Crippen LogP) is 4.14. The first-order valence-electron chi connectivity index (χ1n) is 9.89. The second kappa shape index (κ2) is 8.30. The molecule has 29 heavy (non-hydrogen) atoms. The first-order valence-corrected chi connectivity index (χ1v) is 10.8. The quantitative estimate of drug-likeness (QED) is 0.664. The molecule has 0 bridgehead atoms. The molecule has 5 nitrogen and oxygen atoms in total. The molecule has 1 saturated carbocycles. The van der Waals surface area contributed by atoms with Crippen molar-refractivity contribution in [3.63, 3.8) is 0 Å². The van der Waals surface area contributed by atoms with Crippen LogP contribution in [0.15, 0.2) is 59.4 Å². The monoisotopic (exact) mass is 428 g/mol. The van der Waals surface area contributed by atoms with E-state index in [1.165, 1.54) is 5.56 Å². The molecular weight excluding hydrogens is 404 g/mol. The van der Waals surface area contributed by atoms with Crippen molar-refractivity contribution >= 4 is 29.7 Å². The summed E-state index contributed by atoms with van der Waals surface area (Å²) in [7, 11) is 0. The van der Waals surface area contributed by atoms with E-state index >= 15 is 0 Å². The lowest BCUT2D eigenvalue weighted by Crippen LogP contribution is -2.39. The van der Waals surface area contributed by atoms with Gasteiger partial charge in [0.15, 0.2) is 5.69 Å². The molecule has 1 aromatic carbocycles. The molecule has 0 radical (unpaired) electrons. The van der Waals surface area contributed by atoms with Crippen LogP contribution < -0.4 is 5.32 Å². The third-order valence-electron chi connectivity index (χ3n) is 6.14. The van der Waals surface area contributed by atoms with Gasteiger partial charge in [-0.3, -0.25) is 4.79 Å². The molecule has 1 atom stereocenters. The molecule has 1 N–H and O–H groups in total. The summed E-state index contributed by atoms with van der Waals surface area (Å²) in [4.78, 5) is 15.5. The van der Waals surface area contributed by atoms with E-state index in [1.54, 1.807) is 16.0 Å². The summed E-state index contributed by atoms with van der Waals surface area (Å²) in [5.41, 5.74) is 3.00. The number of halogens is 1. The number of thiophene rings is 1. The van der Waals surface area contributed by atoms with Crippen LogP contribution in [0.4, 0.5) is 0 Å². The highest BCUT2D eigenvalue weighted by molar-refractivity contribution is 7.07. The van der Waals surface area contributed by atoms with Gasteiger partial charge in [-0.25, -0.2) is 4.68 Å². The van der Waals surface area contributed by atoms with Gasteiger partial charge in [0.2, 0.25) is 0 Å². The van der Waals surface area contributed by atoms with E-state index in [2.05, 4.69) is 32.1 Å². The number of carbonyl (C=O) groups is 1. The van der Waals surface area contributed by atoms with Gasteiger partial charge in [-0.2, -0.15) is 16.4 Å². The lowest BCUT2D eigenvalue weighted by atomic mass is 9.93. The molecule has 1 aliphatic heterocycles. The Morgan fingerprint density at radius 1 is 1.21 bits per heavy atom. The number of aromatic nitrogens is 2. The maximum absolute atomic E-state index is 13.5. The Labute approximate surface area is 181 Å². The summed E-state index contributed by atoms with van der Waals surface area (Å²) >= 11 is 1.68. The van der Waals surface area contributed by atoms with Crippen molar-refractivity contribution in [3.05, 3.63) is 70.7 Å². The first kappa shape index (κ1) is 20.1. The highest BCUT2D eigenvalue weighted by Crippen LogP contribution is 2.56. The lowest BCUT2D eigenvalue weighted by molar-refractivity contribution is 0.0686. The zero-order chi connectivity index (χ0) is 19.0. The fourth-order valence-corrected chi connectivity index (χ4v) is 5.10. The van der Waals surface area contributed by atoms with Gasteiger partial charge in [-0.1, -0.05) is 18.2 Å². The van der Waals surface area contributed by atoms with Gasteiger partial charge >= 0.3 is 0 Å². The van der Waals surface area contributed by atoms with E-state index < -0.39 is 0 Å². The SMILES string of the molecule is Cl.O=C(c1ccn(-c2ccccc2)n1)N(Cc1ccsc1)C1CC12CCNCC2. The van der Waals surface area contributed by atoms with Crippen LogP contribution in [0.2, 0.25) is 0 Å². The maximum atomic E-state index is 13.5. The van der Waals surface area contributed by atoms with Crippen LogP contribution in [-0.2, 0) is 6.54 Å². The normalized spacial score (nSPS) is 19.5. The average molecular weight is 429 g/mol. The highest BCUT2D eigenvalue weighted by atomic mass is 35.5. The Kier molecular flexibility index (Phi) is 5.76. The van der Waals surface area contributed by atoms with Gasteiger partial charge in [0.05, 0.1) is 5.69 Å². The van der Waals surface area contributed by atoms with Gasteiger partial charge in [-0.15, -0.1) is 12.4 Å². The number of amides is 1. The van der Waals surface area contributed by atoms with Gasteiger partial charge in [0.25, 0.3) is 5.91 Å². The second-order valence-electron chi connectivity index (χ2n) is 7.88. The molecule has 2 aromatic heterocycles. The third-order valence-corrected chi connectivity index (χ3v) is 6.88. The average Bonchev–Trinajstić information content (AvgIpc) is 3.16. The lowest BCUT2D eigenvalue weighted by Gasteiger charge is -2.29. The van der Waals surface area contributed by atoms with Gasteiger partial charge in [0.1, 0.15) is 0 Å². The fourth-order valence-electron chi connectivity index (χ4n) is 4.44. The summed E-state index contributed by atoms with van der Waals surface area (Å²) in [6.07, 6.45) is 5.30. The van der Waals surface area contributed by atoms with Crippen LogP contribution in [0.25, 0.3) is 5.69 Å². The van der Waals surface area contributed by atoms with E-state index in [4.69, 9.17) is 0 Å². The van der Waals surface area contributed by atoms with Gasteiger partial charge in [-0.05, 0) is 78.4 Å². The van der Waals surface area contributed by atoms with Gasteiger partial charge in [0, 0.05) is 18.8 Å². The van der Waals surface area contributed by atoms with Crippen LogP contribution in [0.3, 0.4) is 0 Å². The predicted molar refractivity (Wildman–Crippen MR) is 118 cm³/mol. The molecule has 7 heteroatoms. The van der Waals surface area contributed by atoms with Crippen LogP contribution in [-0.4, -0.2) is 39.7 Å². The molecule has 1 saturated heterocycles. The Hall–Kier alpha value is -2.15. The summed E-state index contributed by atoms with van der Waals surface area (Å²) in [5, 5.41) is 12.3. The van der Waals surface area contributed by atoms with Crippen molar-refractivity contribution < 1.29 is 4.79 Å². The number of para-hydroxylation sites is 1. The fraction of sp³-hybridized carbons (Fsp3) is 0.364. The Bertz CT molecular complexity index is 950. The minimum Gasteiger partial charge on any atom is -0.329 e. The van der Waals surface area contributed by atoms with E-state index in [0.717, 1.165) is 38.0 Å². The molecule has 5 rings (SSSR count). The number of piperidine rings is 1. The number of rotatable bonds is 5. The standard InChI is InChI=1S/C22H24N4OS.ClH/c27-21(19-6-12-26(24-19)18-4-2-1-3-5-18)25(15-17-7-13-28-16-17)20-14-22(20)8-10-23-11-9-22;/h1-7,12-13,16,20,23H,8-11,14-15H2;1H. The Morgan fingerprint density at radius 2 is 2.00 bits per heavy atom. The molecule has 2 fully saturated rings. The van der Waals surface area contributed by atoms with Crippen molar-refractivity contribution in [1.82, 2.24) is 20.0 Å². The van der Waals surface area contributed by atoms with Crippen LogP contribution >= 0.6 is 23.7 Å². The summed E-state index contributed by atoms with van der Waals surface area (Å²) in [6.45, 7) is 2.78. The van der Waals surface area contributed by atoms with E-state index in [9.17, 15) is 4.79 Å². The van der Waals surface area contributed by atoms with Crippen molar-refractivity contribution in [1.29, 1.82) is 0 Å². The van der Waals surface area contributed by atoms with Crippen molar-refractivity contribution in [2.75, 3.05) is 13.1 Å². The maximum Gasteiger partial charge on any atom is 0.274 e. The van der Waals surface area contributed by atoms with Crippen molar-refractivity contribution in [2.24, 2.45) is 5.41 Å². The molecule has 3 heterocycles. The van der Waals surface area contributed by atoms with Crippen molar-refractivity contribution in [3.8, 4) is 5.69 Å². The highest BCUT2D eigenvalue weighted by Gasteiger charge is 2.57. The molecular formula is C22H25ClN4OS. The summed E-state index contributed by atoms with van der Waals surface area (Å²) in [5.74, 6) is 0.0429. The first-order chi connectivity index (χ1) is 13.8. The zero-order valence-corrected chi connectivity index (χ0v) is 17.8. The van der Waals surface area contributed by atoms with Crippen molar-refractivity contribution in [2.45, 2.75) is 31.8 Å². The molecule has 3 aromatic rings. The molecule has 1 unspecified atom stereocenters. The Balaban J connectivity index is 0.00000205. The largest absolute Gasteiger partial charge is 0.329 e. The van der Waals surface area contributed by atoms with Gasteiger partial charge < -0.3 is 10.2 Å². The third kappa shape index (κ3) is 3.97. The second-order valence-corrected chi connectivity index (χ2v) is 8.66. The number of carbonyl (C=O) groups excluding carboxylic acids is 1. The van der Waals surface area contributed by atoms with Crippen LogP contribution in [0, 0.1) is 5.41 Å². The topological polar surface area (TPSA) is 50.2 Å². The number of hydrogen-bond donors (Lipinski definition) is 1. The zero-order valence-electron chi connectivity index (χ0n) is 16.2.